The van der Waals surface area contributed by atoms with Gasteiger partial charge in [0, 0.05) is 13.1 Å². The van der Waals surface area contributed by atoms with E-state index in [0.29, 0.717) is 31.1 Å². The second-order valence-corrected chi connectivity index (χ2v) is 5.08. The van der Waals surface area contributed by atoms with Gasteiger partial charge in [-0.3, -0.25) is 9.69 Å². The maximum absolute atomic E-state index is 12.4. The number of halogens is 1. The predicted molar refractivity (Wildman–Crippen MR) is 90.1 cm³/mol. The lowest BCUT2D eigenvalue weighted by molar-refractivity contribution is -0.122. The standard InChI is InChI=1S/C16H22N2O4.ClH/c1-3-22-16(20)13-6-4-5-7-14(13)17-15(19)12(2)18-8-10-21-11-9-18;/h4-7,12H,3,8-11H2,1-2H3,(H,17,19);1H. The maximum atomic E-state index is 12.4. The van der Waals surface area contributed by atoms with Crippen LogP contribution in [0.5, 0.6) is 0 Å². The Bertz CT molecular complexity index is 533. The molecule has 0 spiro atoms. The largest absolute Gasteiger partial charge is 0.462 e. The van der Waals surface area contributed by atoms with Gasteiger partial charge in [0.05, 0.1) is 37.1 Å². The topological polar surface area (TPSA) is 67.9 Å². The molecule has 0 aliphatic carbocycles. The Balaban J connectivity index is 0.00000264. The summed E-state index contributed by atoms with van der Waals surface area (Å²) in [6.45, 7) is 6.63. The van der Waals surface area contributed by atoms with Crippen molar-refractivity contribution in [3.63, 3.8) is 0 Å². The second kappa shape index (κ2) is 9.50. The Kier molecular flexibility index (Phi) is 8.02. The van der Waals surface area contributed by atoms with Crippen molar-refractivity contribution < 1.29 is 19.1 Å². The number of rotatable bonds is 5. The lowest BCUT2D eigenvalue weighted by Gasteiger charge is -2.31. The van der Waals surface area contributed by atoms with E-state index < -0.39 is 5.97 Å². The molecule has 0 saturated carbocycles. The van der Waals surface area contributed by atoms with Crippen LogP contribution in [0.2, 0.25) is 0 Å². The molecule has 1 aliphatic rings. The number of nitrogens with zero attached hydrogens (tertiary/aromatic N) is 1. The van der Waals surface area contributed by atoms with Gasteiger partial charge < -0.3 is 14.8 Å². The van der Waals surface area contributed by atoms with Crippen LogP contribution in [-0.2, 0) is 14.3 Å². The van der Waals surface area contributed by atoms with Crippen molar-refractivity contribution in [2.45, 2.75) is 19.9 Å². The van der Waals surface area contributed by atoms with Crippen molar-refractivity contribution in [2.75, 3.05) is 38.2 Å². The van der Waals surface area contributed by atoms with Gasteiger partial charge in [-0.25, -0.2) is 4.79 Å². The zero-order chi connectivity index (χ0) is 15.9. The number of ether oxygens (including phenoxy) is 2. The first kappa shape index (κ1) is 19.4. The first-order valence-corrected chi connectivity index (χ1v) is 7.52. The Morgan fingerprint density at radius 1 is 1.30 bits per heavy atom. The summed E-state index contributed by atoms with van der Waals surface area (Å²) in [5, 5.41) is 2.82. The molecule has 1 unspecified atom stereocenters. The highest BCUT2D eigenvalue weighted by Crippen LogP contribution is 2.17. The molecular weight excluding hydrogens is 320 g/mol. The van der Waals surface area contributed by atoms with Gasteiger partial charge in [0.15, 0.2) is 0 Å². The minimum absolute atomic E-state index is 0. The highest BCUT2D eigenvalue weighted by molar-refractivity contribution is 6.02. The van der Waals surface area contributed by atoms with Gasteiger partial charge in [0.25, 0.3) is 0 Å². The van der Waals surface area contributed by atoms with Crippen LogP contribution in [0.1, 0.15) is 24.2 Å². The summed E-state index contributed by atoms with van der Waals surface area (Å²) >= 11 is 0. The van der Waals surface area contributed by atoms with E-state index in [0.717, 1.165) is 13.1 Å². The summed E-state index contributed by atoms with van der Waals surface area (Å²) < 4.78 is 10.3. The first-order valence-electron chi connectivity index (χ1n) is 7.52. The molecular formula is C16H23ClN2O4. The van der Waals surface area contributed by atoms with Gasteiger partial charge >= 0.3 is 5.97 Å². The lowest BCUT2D eigenvalue weighted by atomic mass is 10.1. The number of nitrogens with one attached hydrogen (secondary N) is 1. The Labute approximate surface area is 142 Å². The Hall–Kier alpha value is -1.63. The smallest absolute Gasteiger partial charge is 0.340 e. The fourth-order valence-corrected chi connectivity index (χ4v) is 2.35. The van der Waals surface area contributed by atoms with Crippen LogP contribution in [-0.4, -0.2) is 55.7 Å². The summed E-state index contributed by atoms with van der Waals surface area (Å²) in [7, 11) is 0. The molecule has 23 heavy (non-hydrogen) atoms. The molecule has 1 aliphatic heterocycles. The van der Waals surface area contributed by atoms with E-state index in [2.05, 4.69) is 10.2 Å². The number of amides is 1. The molecule has 0 radical (unpaired) electrons. The number of morpholine rings is 1. The molecule has 1 saturated heterocycles. The average molecular weight is 343 g/mol. The van der Waals surface area contributed by atoms with Crippen LogP contribution in [0.15, 0.2) is 24.3 Å². The lowest BCUT2D eigenvalue weighted by Crippen LogP contribution is -2.47. The fourth-order valence-electron chi connectivity index (χ4n) is 2.35. The van der Waals surface area contributed by atoms with Crippen LogP contribution < -0.4 is 5.32 Å². The van der Waals surface area contributed by atoms with Crippen LogP contribution >= 0.6 is 12.4 Å². The van der Waals surface area contributed by atoms with Crippen molar-refractivity contribution in [3.8, 4) is 0 Å². The van der Waals surface area contributed by atoms with Crippen molar-refractivity contribution in [1.29, 1.82) is 0 Å². The van der Waals surface area contributed by atoms with E-state index in [9.17, 15) is 9.59 Å². The fraction of sp³-hybridized carbons (Fsp3) is 0.500. The van der Waals surface area contributed by atoms with E-state index in [-0.39, 0.29) is 24.4 Å². The number of benzene rings is 1. The molecule has 7 heteroatoms. The average Bonchev–Trinajstić information content (AvgIpc) is 2.55. The molecule has 0 bridgehead atoms. The SMILES string of the molecule is CCOC(=O)c1ccccc1NC(=O)C(C)N1CCOCC1.Cl. The van der Waals surface area contributed by atoms with Crippen LogP contribution in [0, 0.1) is 0 Å². The van der Waals surface area contributed by atoms with E-state index in [4.69, 9.17) is 9.47 Å². The summed E-state index contributed by atoms with van der Waals surface area (Å²) in [6, 6.07) is 6.59. The number of esters is 1. The maximum Gasteiger partial charge on any atom is 0.340 e. The molecule has 128 valence electrons. The van der Waals surface area contributed by atoms with Crippen molar-refractivity contribution in [1.82, 2.24) is 4.90 Å². The summed E-state index contributed by atoms with van der Waals surface area (Å²) in [5.74, 6) is -0.573. The number of carbonyl (C=O) groups is 2. The van der Waals surface area contributed by atoms with Crippen LogP contribution in [0.25, 0.3) is 0 Å². The molecule has 2 rings (SSSR count). The monoisotopic (exact) mass is 342 g/mol. The van der Waals surface area contributed by atoms with Gasteiger partial charge in [-0.05, 0) is 26.0 Å². The number of hydrogen-bond acceptors (Lipinski definition) is 5. The number of hydrogen-bond donors (Lipinski definition) is 1. The van der Waals surface area contributed by atoms with Crippen molar-refractivity contribution >= 4 is 30.0 Å². The molecule has 0 aromatic heterocycles. The molecule has 1 amide bonds. The predicted octanol–water partition coefficient (Wildman–Crippen LogP) is 1.94. The van der Waals surface area contributed by atoms with Gasteiger partial charge in [0.2, 0.25) is 5.91 Å². The quantitative estimate of drug-likeness (QED) is 0.828. The Morgan fingerprint density at radius 2 is 1.96 bits per heavy atom. The number of anilines is 1. The summed E-state index contributed by atoms with van der Waals surface area (Å²) in [4.78, 5) is 26.4. The zero-order valence-electron chi connectivity index (χ0n) is 13.4. The molecule has 6 nitrogen and oxygen atoms in total. The molecule has 1 heterocycles. The minimum atomic E-state index is -0.433. The third-order valence-corrected chi connectivity index (χ3v) is 3.65. The van der Waals surface area contributed by atoms with Gasteiger partial charge in [-0.1, -0.05) is 12.1 Å². The van der Waals surface area contributed by atoms with E-state index in [1.165, 1.54) is 0 Å². The first-order chi connectivity index (χ1) is 10.6. The number of para-hydroxylation sites is 1. The summed E-state index contributed by atoms with van der Waals surface area (Å²) in [5.41, 5.74) is 0.845. The van der Waals surface area contributed by atoms with Crippen LogP contribution in [0.4, 0.5) is 5.69 Å². The van der Waals surface area contributed by atoms with Crippen LogP contribution in [0.3, 0.4) is 0 Å². The van der Waals surface area contributed by atoms with E-state index >= 15 is 0 Å². The van der Waals surface area contributed by atoms with E-state index in [1.807, 2.05) is 6.92 Å². The minimum Gasteiger partial charge on any atom is -0.462 e. The molecule has 1 atom stereocenters. The highest BCUT2D eigenvalue weighted by Gasteiger charge is 2.24. The normalized spacial score (nSPS) is 16.1. The van der Waals surface area contributed by atoms with Gasteiger partial charge in [0.1, 0.15) is 0 Å². The van der Waals surface area contributed by atoms with E-state index in [1.54, 1.807) is 31.2 Å². The van der Waals surface area contributed by atoms with Gasteiger partial charge in [-0.15, -0.1) is 12.4 Å². The van der Waals surface area contributed by atoms with Crippen molar-refractivity contribution in [3.05, 3.63) is 29.8 Å². The zero-order valence-corrected chi connectivity index (χ0v) is 14.2. The second-order valence-electron chi connectivity index (χ2n) is 5.08. The third kappa shape index (κ3) is 5.20. The Morgan fingerprint density at radius 3 is 2.61 bits per heavy atom. The molecule has 1 aromatic carbocycles. The van der Waals surface area contributed by atoms with Crippen molar-refractivity contribution in [2.24, 2.45) is 0 Å². The third-order valence-electron chi connectivity index (χ3n) is 3.65. The molecule has 1 fully saturated rings. The number of carbonyl (C=O) groups excluding carboxylic acids is 2. The molecule has 1 aromatic rings. The molecule has 1 N–H and O–H groups in total. The summed E-state index contributed by atoms with van der Waals surface area (Å²) in [6.07, 6.45) is 0. The highest BCUT2D eigenvalue weighted by atomic mass is 35.5. The van der Waals surface area contributed by atoms with Gasteiger partial charge in [-0.2, -0.15) is 0 Å².